The summed E-state index contributed by atoms with van der Waals surface area (Å²) in [6.45, 7) is 7.15. The molecule has 1 aromatic carbocycles. The van der Waals surface area contributed by atoms with E-state index in [1.54, 1.807) is 11.3 Å². The van der Waals surface area contributed by atoms with Crippen LogP contribution in [0.1, 0.15) is 32.3 Å². The number of hydrogen-bond acceptors (Lipinski definition) is 8. The highest BCUT2D eigenvalue weighted by Crippen LogP contribution is 2.31. The maximum Gasteiger partial charge on any atom is 0.185 e. The number of likely N-dealkylation sites (tertiary alicyclic amines) is 1. The summed E-state index contributed by atoms with van der Waals surface area (Å²) in [4.78, 5) is 12.5. The first-order valence-electron chi connectivity index (χ1n) is 10.8. The summed E-state index contributed by atoms with van der Waals surface area (Å²) >= 11 is 1.62. The Morgan fingerprint density at radius 3 is 2.81 bits per heavy atom. The molecule has 166 valence electrons. The van der Waals surface area contributed by atoms with Gasteiger partial charge in [0, 0.05) is 31.9 Å². The van der Waals surface area contributed by atoms with Gasteiger partial charge in [-0.05, 0) is 56.5 Å². The van der Waals surface area contributed by atoms with Crippen molar-refractivity contribution in [2.45, 2.75) is 45.4 Å². The summed E-state index contributed by atoms with van der Waals surface area (Å²) < 4.78 is 11.6. The molecule has 1 aliphatic heterocycles. The quantitative estimate of drug-likeness (QED) is 0.520. The number of rotatable bonds is 9. The number of benzene rings is 1. The van der Waals surface area contributed by atoms with E-state index in [-0.39, 0.29) is 19.3 Å². The zero-order valence-electron chi connectivity index (χ0n) is 18.1. The molecule has 2 N–H and O–H groups in total. The van der Waals surface area contributed by atoms with Gasteiger partial charge in [0.15, 0.2) is 16.6 Å². The van der Waals surface area contributed by atoms with Crippen LogP contribution in [0, 0.1) is 0 Å². The van der Waals surface area contributed by atoms with Crippen LogP contribution in [-0.4, -0.2) is 58.4 Å². The van der Waals surface area contributed by atoms with E-state index in [2.05, 4.69) is 26.3 Å². The number of piperidine rings is 1. The Hall–Kier alpha value is -2.42. The molecule has 1 aliphatic rings. The Bertz CT molecular complexity index is 953. The van der Waals surface area contributed by atoms with Crippen LogP contribution in [0.4, 0.5) is 5.13 Å². The van der Waals surface area contributed by atoms with Gasteiger partial charge < -0.3 is 19.9 Å². The van der Waals surface area contributed by atoms with Crippen molar-refractivity contribution in [1.82, 2.24) is 14.9 Å². The van der Waals surface area contributed by atoms with E-state index >= 15 is 0 Å². The number of hydrogen-bond donors (Lipinski definition) is 2. The Labute approximate surface area is 187 Å². The third-order valence-electron chi connectivity index (χ3n) is 5.21. The lowest BCUT2D eigenvalue weighted by atomic mass is 10.0. The first kappa shape index (κ1) is 21.8. The minimum Gasteiger partial charge on any atom is -0.487 e. The summed E-state index contributed by atoms with van der Waals surface area (Å²) in [5.41, 5.74) is 2.14. The molecule has 7 nitrogen and oxygen atoms in total. The first-order valence-corrected chi connectivity index (χ1v) is 11.7. The second-order valence-electron chi connectivity index (χ2n) is 8.06. The predicted molar refractivity (Wildman–Crippen MR) is 124 cm³/mol. The molecule has 0 amide bonds. The molecule has 31 heavy (non-hydrogen) atoms. The number of nitrogens with one attached hydrogen (secondary N) is 1. The number of aliphatic hydroxyl groups excluding tert-OH is 1. The van der Waals surface area contributed by atoms with Crippen LogP contribution in [0.15, 0.2) is 36.5 Å². The second-order valence-corrected chi connectivity index (χ2v) is 9.04. The SMILES string of the molecule is CC(C)Oc1ccc(CN2CCC(Nc3nc4cccnc4s3)CC2)cc1OCCO. The average molecular weight is 443 g/mol. The molecule has 0 spiro atoms. The average Bonchev–Trinajstić information content (AvgIpc) is 3.17. The molecule has 3 aromatic rings. The Kier molecular flexibility index (Phi) is 7.21. The topological polar surface area (TPSA) is 79.7 Å². The number of fused-ring (bicyclic) bond motifs is 1. The number of thiazole rings is 1. The van der Waals surface area contributed by atoms with E-state index in [9.17, 15) is 0 Å². The van der Waals surface area contributed by atoms with Gasteiger partial charge >= 0.3 is 0 Å². The Balaban J connectivity index is 1.32. The number of anilines is 1. The molecule has 2 aromatic heterocycles. The standard InChI is InChI=1S/C23H30N4O3S/c1-16(2)30-20-6-5-17(14-21(20)29-13-12-28)15-27-10-7-18(8-11-27)25-23-26-19-4-3-9-24-22(19)31-23/h3-6,9,14,16,18,28H,7-8,10-13,15H2,1-2H3,(H,25,26). The maximum atomic E-state index is 9.12. The van der Waals surface area contributed by atoms with Crippen molar-refractivity contribution < 1.29 is 14.6 Å². The maximum absolute atomic E-state index is 9.12. The molecule has 0 aliphatic carbocycles. The predicted octanol–water partition coefficient (Wildman–Crippen LogP) is 3.93. The fourth-order valence-corrected chi connectivity index (χ4v) is 4.65. The molecule has 0 radical (unpaired) electrons. The van der Waals surface area contributed by atoms with E-state index in [1.807, 2.05) is 44.3 Å². The van der Waals surface area contributed by atoms with Crippen LogP contribution < -0.4 is 14.8 Å². The van der Waals surface area contributed by atoms with E-state index in [0.29, 0.717) is 11.8 Å². The number of aromatic nitrogens is 2. The Morgan fingerprint density at radius 2 is 2.06 bits per heavy atom. The van der Waals surface area contributed by atoms with Crippen LogP contribution in [0.5, 0.6) is 11.5 Å². The van der Waals surface area contributed by atoms with Gasteiger partial charge in [0.1, 0.15) is 17.0 Å². The van der Waals surface area contributed by atoms with Crippen LogP contribution in [0.25, 0.3) is 10.3 Å². The zero-order chi connectivity index (χ0) is 21.6. The molecule has 0 bridgehead atoms. The Morgan fingerprint density at radius 1 is 1.23 bits per heavy atom. The van der Waals surface area contributed by atoms with Gasteiger partial charge in [0.2, 0.25) is 0 Å². The van der Waals surface area contributed by atoms with Crippen molar-refractivity contribution in [2.75, 3.05) is 31.6 Å². The summed E-state index contributed by atoms with van der Waals surface area (Å²) in [7, 11) is 0. The highest BCUT2D eigenvalue weighted by molar-refractivity contribution is 7.21. The normalized spacial score (nSPS) is 15.5. The van der Waals surface area contributed by atoms with Gasteiger partial charge in [-0.15, -0.1) is 0 Å². The smallest absolute Gasteiger partial charge is 0.185 e. The first-order chi connectivity index (χ1) is 15.1. The zero-order valence-corrected chi connectivity index (χ0v) is 18.9. The van der Waals surface area contributed by atoms with Gasteiger partial charge in [0.25, 0.3) is 0 Å². The molecule has 1 fully saturated rings. The molecule has 0 saturated carbocycles. The fourth-order valence-electron chi connectivity index (χ4n) is 3.77. The molecule has 0 unspecified atom stereocenters. The second kappa shape index (κ2) is 10.3. The molecule has 4 rings (SSSR count). The lowest BCUT2D eigenvalue weighted by Gasteiger charge is -2.32. The van der Waals surface area contributed by atoms with Gasteiger partial charge in [0.05, 0.1) is 12.7 Å². The van der Waals surface area contributed by atoms with Gasteiger partial charge in [-0.2, -0.15) is 0 Å². The van der Waals surface area contributed by atoms with E-state index < -0.39 is 0 Å². The largest absolute Gasteiger partial charge is 0.487 e. The number of aliphatic hydroxyl groups is 1. The van der Waals surface area contributed by atoms with Crippen molar-refractivity contribution >= 4 is 26.8 Å². The minimum atomic E-state index is -0.0173. The molecular weight excluding hydrogens is 412 g/mol. The third-order valence-corrected chi connectivity index (χ3v) is 6.12. The summed E-state index contributed by atoms with van der Waals surface area (Å²) in [5, 5.41) is 13.7. The van der Waals surface area contributed by atoms with E-state index in [0.717, 1.165) is 53.7 Å². The lowest BCUT2D eigenvalue weighted by Crippen LogP contribution is -2.38. The van der Waals surface area contributed by atoms with Crippen molar-refractivity contribution in [2.24, 2.45) is 0 Å². The van der Waals surface area contributed by atoms with Crippen LogP contribution in [0.2, 0.25) is 0 Å². The van der Waals surface area contributed by atoms with Gasteiger partial charge in [-0.3, -0.25) is 4.90 Å². The van der Waals surface area contributed by atoms with Crippen molar-refractivity contribution in [3.63, 3.8) is 0 Å². The van der Waals surface area contributed by atoms with Crippen LogP contribution in [0.3, 0.4) is 0 Å². The monoisotopic (exact) mass is 442 g/mol. The summed E-state index contributed by atoms with van der Waals surface area (Å²) in [5.74, 6) is 1.42. The third kappa shape index (κ3) is 5.84. The highest BCUT2D eigenvalue weighted by Gasteiger charge is 2.21. The number of ether oxygens (including phenoxy) is 2. The molecule has 3 heterocycles. The lowest BCUT2D eigenvalue weighted by molar-refractivity contribution is 0.183. The van der Waals surface area contributed by atoms with Crippen molar-refractivity contribution in [3.05, 3.63) is 42.1 Å². The van der Waals surface area contributed by atoms with Crippen LogP contribution in [-0.2, 0) is 6.54 Å². The molecular formula is C23H30N4O3S. The van der Waals surface area contributed by atoms with E-state index in [4.69, 9.17) is 14.6 Å². The fraction of sp³-hybridized carbons (Fsp3) is 0.478. The number of nitrogens with zero attached hydrogens (tertiary/aromatic N) is 3. The molecule has 1 saturated heterocycles. The highest BCUT2D eigenvalue weighted by atomic mass is 32.1. The molecule has 0 atom stereocenters. The van der Waals surface area contributed by atoms with Gasteiger partial charge in [-0.1, -0.05) is 17.4 Å². The van der Waals surface area contributed by atoms with Crippen molar-refractivity contribution in [1.29, 1.82) is 0 Å². The van der Waals surface area contributed by atoms with Crippen LogP contribution >= 0.6 is 11.3 Å². The summed E-state index contributed by atoms with van der Waals surface area (Å²) in [6.07, 6.45) is 4.03. The number of pyridine rings is 1. The van der Waals surface area contributed by atoms with Gasteiger partial charge in [-0.25, -0.2) is 9.97 Å². The van der Waals surface area contributed by atoms with Crippen molar-refractivity contribution in [3.8, 4) is 11.5 Å². The molecule has 8 heteroatoms. The minimum absolute atomic E-state index is 0.0173. The van der Waals surface area contributed by atoms with E-state index in [1.165, 1.54) is 5.56 Å². The summed E-state index contributed by atoms with van der Waals surface area (Å²) in [6, 6.07) is 10.5.